The number of carbonyl (C=O) groups excluding carboxylic acids is 6. The van der Waals surface area contributed by atoms with E-state index in [0.29, 0.717) is 54.5 Å². The number of carbonyl (C=O) groups is 6. The van der Waals surface area contributed by atoms with Crippen LogP contribution in [0, 0.1) is 37.5 Å². The molecule has 3 aromatic rings. The van der Waals surface area contributed by atoms with E-state index < -0.39 is 35.9 Å². The molecule has 316 valence electrons. The number of Topliss-reactive ketones (excluding diaryl/α,β-unsaturated/α-hetero) is 2. The van der Waals surface area contributed by atoms with E-state index in [1.54, 1.807) is 47.4 Å². The van der Waals surface area contributed by atoms with Gasteiger partial charge in [0.1, 0.15) is 17.9 Å². The number of hydrogen-bond acceptors (Lipinski definition) is 10. The van der Waals surface area contributed by atoms with Crippen molar-refractivity contribution in [1.29, 1.82) is 0 Å². The van der Waals surface area contributed by atoms with Crippen LogP contribution in [0.1, 0.15) is 101 Å². The van der Waals surface area contributed by atoms with Crippen LogP contribution in [0.4, 0.5) is 27.9 Å². The molecule has 2 aliphatic rings. The number of nitrogens with one attached hydrogen (secondary N) is 3. The lowest BCUT2D eigenvalue weighted by Gasteiger charge is -2.35. The molecule has 59 heavy (non-hydrogen) atoms. The molecule has 0 saturated carbocycles. The Bertz CT molecular complexity index is 2070. The van der Waals surface area contributed by atoms with E-state index in [0.717, 1.165) is 16.8 Å². The highest BCUT2D eigenvalue weighted by Gasteiger charge is 2.41. The molecule has 15 nitrogen and oxygen atoms in total. The molecular formula is C44H59N9O6. The molecule has 0 unspecified atom stereocenters. The fourth-order valence-electron chi connectivity index (χ4n) is 7.59. The fourth-order valence-corrected chi connectivity index (χ4v) is 7.59. The summed E-state index contributed by atoms with van der Waals surface area (Å²) in [5.41, 5.74) is 4.00. The Morgan fingerprint density at radius 2 is 1.64 bits per heavy atom. The SMILES string of the molecule is CC(=O)[C@@H](CC(C)C)NC(=O)[C@@H](NC(=O)[C@H]1CCCN1C(=O)[C@H](CC(=O)c1ccc(C)c(N2Cc3cnc(Nc4ccc(C)nc4)nc3N(C)C2=O)c1)C(C)C)C(C)C. The van der Waals surface area contributed by atoms with Crippen LogP contribution in [0.25, 0.3) is 0 Å². The van der Waals surface area contributed by atoms with E-state index in [1.165, 1.54) is 11.8 Å². The molecule has 0 spiro atoms. The topological polar surface area (TPSA) is 187 Å². The van der Waals surface area contributed by atoms with E-state index in [1.807, 2.05) is 67.5 Å². The largest absolute Gasteiger partial charge is 0.345 e. The summed E-state index contributed by atoms with van der Waals surface area (Å²) in [4.78, 5) is 99.5. The molecule has 0 aliphatic carbocycles. The normalized spacial score (nSPS) is 16.9. The third kappa shape index (κ3) is 10.5. The summed E-state index contributed by atoms with van der Waals surface area (Å²) >= 11 is 0. The zero-order chi connectivity index (χ0) is 43.3. The first-order valence-electron chi connectivity index (χ1n) is 20.5. The van der Waals surface area contributed by atoms with Gasteiger partial charge in [-0.15, -0.1) is 0 Å². The standard InChI is InChI=1S/C44H59N9O6/c1-24(2)18-34(29(9)54)48-41(57)38(26(5)6)49-40(56)35-12-11-17-52(35)42(58)33(25(3)4)20-37(55)30-15-13-27(7)36(19-30)53-23-31-21-46-43(50-39(31)51(10)44(53)59)47-32-16-14-28(8)45-22-32/h13-16,19,21-22,24-26,33-35,38H,11-12,17-18,20,23H2,1-10H3,(H,48,57)(H,49,56)(H,46,47,50)/t33-,34-,35-,38+/m1/s1. The Balaban J connectivity index is 1.29. The third-order valence-corrected chi connectivity index (χ3v) is 11.1. The Hall–Kier alpha value is -5.73. The predicted molar refractivity (Wildman–Crippen MR) is 226 cm³/mol. The Labute approximate surface area is 347 Å². The second-order valence-electron chi connectivity index (χ2n) is 17.0. The first-order valence-corrected chi connectivity index (χ1v) is 20.5. The quantitative estimate of drug-likeness (QED) is 0.147. The Morgan fingerprint density at radius 3 is 2.27 bits per heavy atom. The minimum absolute atomic E-state index is 0.0973. The summed E-state index contributed by atoms with van der Waals surface area (Å²) in [7, 11) is 1.64. The Morgan fingerprint density at radius 1 is 0.915 bits per heavy atom. The molecule has 5 rings (SSSR count). The van der Waals surface area contributed by atoms with E-state index in [2.05, 4.69) is 30.9 Å². The number of fused-ring (bicyclic) bond motifs is 1. The summed E-state index contributed by atoms with van der Waals surface area (Å²) in [5.74, 6) is -1.86. The van der Waals surface area contributed by atoms with Crippen molar-refractivity contribution in [3.63, 3.8) is 0 Å². The molecule has 1 aromatic carbocycles. The molecule has 4 atom stereocenters. The van der Waals surface area contributed by atoms with Crippen molar-refractivity contribution in [2.45, 2.75) is 113 Å². The minimum Gasteiger partial charge on any atom is -0.345 e. The number of anilines is 4. The van der Waals surface area contributed by atoms with Gasteiger partial charge in [-0.05, 0) is 81.5 Å². The van der Waals surface area contributed by atoms with E-state index in [-0.39, 0.29) is 54.2 Å². The summed E-state index contributed by atoms with van der Waals surface area (Å²) < 4.78 is 0. The van der Waals surface area contributed by atoms with Gasteiger partial charge in [-0.1, -0.05) is 53.7 Å². The maximum atomic E-state index is 14.2. The lowest BCUT2D eigenvalue weighted by molar-refractivity contribution is -0.143. The second-order valence-corrected chi connectivity index (χ2v) is 17.0. The number of rotatable bonds is 16. The summed E-state index contributed by atoms with van der Waals surface area (Å²) in [6.45, 7) is 17.1. The molecule has 0 radical (unpaired) electrons. The van der Waals surface area contributed by atoms with Crippen LogP contribution in [-0.2, 0) is 25.7 Å². The molecule has 1 fully saturated rings. The molecule has 4 heterocycles. The summed E-state index contributed by atoms with van der Waals surface area (Å²) in [6.07, 6.45) is 4.75. The molecule has 2 aliphatic heterocycles. The van der Waals surface area contributed by atoms with Crippen LogP contribution in [-0.4, -0.2) is 86.9 Å². The van der Waals surface area contributed by atoms with Crippen LogP contribution < -0.4 is 25.8 Å². The van der Waals surface area contributed by atoms with E-state index in [4.69, 9.17) is 0 Å². The van der Waals surface area contributed by atoms with Crippen molar-refractivity contribution in [2.75, 3.05) is 28.7 Å². The molecule has 3 N–H and O–H groups in total. The van der Waals surface area contributed by atoms with Gasteiger partial charge < -0.3 is 20.9 Å². The highest BCUT2D eigenvalue weighted by Crippen LogP contribution is 2.34. The fraction of sp³-hybridized carbons (Fsp3) is 0.523. The molecule has 0 bridgehead atoms. The lowest BCUT2D eigenvalue weighted by atomic mass is 9.87. The van der Waals surface area contributed by atoms with Crippen molar-refractivity contribution in [2.24, 2.45) is 23.7 Å². The van der Waals surface area contributed by atoms with Crippen LogP contribution >= 0.6 is 0 Å². The van der Waals surface area contributed by atoms with Crippen molar-refractivity contribution in [3.8, 4) is 0 Å². The smallest absolute Gasteiger partial charge is 0.330 e. The van der Waals surface area contributed by atoms with Crippen molar-refractivity contribution in [3.05, 3.63) is 65.1 Å². The maximum Gasteiger partial charge on any atom is 0.330 e. The summed E-state index contributed by atoms with van der Waals surface area (Å²) in [6, 6.07) is 6.23. The lowest BCUT2D eigenvalue weighted by Crippen LogP contribution is -2.57. The van der Waals surface area contributed by atoms with Crippen molar-refractivity contribution >= 4 is 58.5 Å². The number of amides is 5. The number of pyridine rings is 1. The first kappa shape index (κ1) is 44.4. The van der Waals surface area contributed by atoms with Crippen LogP contribution in [0.15, 0.2) is 42.7 Å². The van der Waals surface area contributed by atoms with E-state index >= 15 is 0 Å². The molecule has 1 saturated heterocycles. The zero-order valence-corrected chi connectivity index (χ0v) is 36.0. The maximum absolute atomic E-state index is 14.2. The second kappa shape index (κ2) is 18.9. The van der Waals surface area contributed by atoms with Gasteiger partial charge in [-0.2, -0.15) is 4.98 Å². The van der Waals surface area contributed by atoms with Gasteiger partial charge in [-0.25, -0.2) is 9.78 Å². The van der Waals surface area contributed by atoms with Gasteiger partial charge in [0, 0.05) is 54.6 Å². The number of benzene rings is 1. The van der Waals surface area contributed by atoms with Gasteiger partial charge in [0.15, 0.2) is 11.6 Å². The molecular weight excluding hydrogens is 751 g/mol. The molecule has 2 aromatic heterocycles. The van der Waals surface area contributed by atoms with Gasteiger partial charge in [0.25, 0.3) is 0 Å². The highest BCUT2D eigenvalue weighted by molar-refractivity contribution is 6.07. The van der Waals surface area contributed by atoms with Crippen LogP contribution in [0.2, 0.25) is 0 Å². The number of aryl methyl sites for hydroxylation is 2. The first-order chi connectivity index (χ1) is 27.9. The monoisotopic (exact) mass is 809 g/mol. The van der Waals surface area contributed by atoms with Crippen LogP contribution in [0.3, 0.4) is 0 Å². The van der Waals surface area contributed by atoms with Crippen molar-refractivity contribution < 1.29 is 28.8 Å². The predicted octanol–water partition coefficient (Wildman–Crippen LogP) is 5.91. The molecule has 5 amide bonds. The van der Waals surface area contributed by atoms with Gasteiger partial charge >= 0.3 is 6.03 Å². The van der Waals surface area contributed by atoms with Crippen molar-refractivity contribution in [1.82, 2.24) is 30.5 Å². The third-order valence-electron chi connectivity index (χ3n) is 11.1. The number of urea groups is 1. The van der Waals surface area contributed by atoms with Gasteiger partial charge in [0.2, 0.25) is 23.7 Å². The molecule has 15 heteroatoms. The minimum atomic E-state index is -0.906. The Kier molecular flexibility index (Phi) is 14.2. The number of hydrogen-bond donors (Lipinski definition) is 3. The average Bonchev–Trinajstić information content (AvgIpc) is 3.68. The highest BCUT2D eigenvalue weighted by atomic mass is 16.2. The van der Waals surface area contributed by atoms with E-state index in [9.17, 15) is 28.8 Å². The zero-order valence-electron chi connectivity index (χ0n) is 36.0. The van der Waals surface area contributed by atoms with Gasteiger partial charge in [0.05, 0.1) is 24.5 Å². The van der Waals surface area contributed by atoms with Crippen LogP contribution in [0.5, 0.6) is 0 Å². The number of likely N-dealkylation sites (tertiary alicyclic amines) is 1. The number of nitrogens with zero attached hydrogens (tertiary/aromatic N) is 6. The summed E-state index contributed by atoms with van der Waals surface area (Å²) in [5, 5.41) is 8.82. The number of ketones is 2. The average molecular weight is 810 g/mol. The van der Waals surface area contributed by atoms with Gasteiger partial charge in [-0.3, -0.25) is 38.8 Å². The number of aromatic nitrogens is 3.